The highest BCUT2D eigenvalue weighted by Crippen LogP contribution is 2.31. The number of nitrogens with one attached hydrogen (secondary N) is 1. The predicted molar refractivity (Wildman–Crippen MR) is 145 cm³/mol. The molecule has 1 aliphatic rings. The standard InChI is InChI=1S/C28H22ClN3O2S/c1-17-10-12-19(13-11-17)15-31-16-20(21-6-3-4-8-25(21)31)14-22-26(33)30-28(35)32(27(22)34)24-9-5-7-23(29)18(24)2/h3-14,16H,15H2,1-2H3,(H,30,33,35)/b22-14+. The lowest BCUT2D eigenvalue weighted by atomic mass is 10.1. The third kappa shape index (κ3) is 4.27. The van der Waals surface area contributed by atoms with Gasteiger partial charge in [-0.3, -0.25) is 19.8 Å². The van der Waals surface area contributed by atoms with E-state index in [2.05, 4.69) is 41.1 Å². The number of carbonyl (C=O) groups is 2. The van der Waals surface area contributed by atoms with Gasteiger partial charge in [-0.1, -0.05) is 65.7 Å². The summed E-state index contributed by atoms with van der Waals surface area (Å²) in [4.78, 5) is 27.7. The summed E-state index contributed by atoms with van der Waals surface area (Å²) in [6.07, 6.45) is 3.61. The Kier molecular flexibility index (Phi) is 6.01. The Balaban J connectivity index is 1.58. The van der Waals surface area contributed by atoms with E-state index in [1.807, 2.05) is 37.4 Å². The van der Waals surface area contributed by atoms with E-state index in [4.69, 9.17) is 23.8 Å². The SMILES string of the molecule is Cc1ccc(Cn2cc(/C=C3\C(=O)NC(=S)N(c4cccc(Cl)c4C)C3=O)c3ccccc32)cc1. The number of aromatic nitrogens is 1. The number of anilines is 1. The maximum absolute atomic E-state index is 13.5. The van der Waals surface area contributed by atoms with Crippen LogP contribution in [0.25, 0.3) is 17.0 Å². The lowest BCUT2D eigenvalue weighted by Gasteiger charge is -2.30. The van der Waals surface area contributed by atoms with E-state index in [9.17, 15) is 9.59 Å². The van der Waals surface area contributed by atoms with E-state index in [0.717, 1.165) is 22.0 Å². The smallest absolute Gasteiger partial charge is 0.270 e. The molecule has 1 N–H and O–H groups in total. The van der Waals surface area contributed by atoms with Gasteiger partial charge in [0.25, 0.3) is 11.8 Å². The molecule has 2 heterocycles. The van der Waals surface area contributed by atoms with Crippen molar-refractivity contribution in [2.75, 3.05) is 4.90 Å². The van der Waals surface area contributed by atoms with E-state index in [-0.39, 0.29) is 10.7 Å². The van der Waals surface area contributed by atoms with Crippen LogP contribution in [-0.4, -0.2) is 21.5 Å². The van der Waals surface area contributed by atoms with E-state index in [1.165, 1.54) is 10.5 Å². The number of para-hydroxylation sites is 1. The molecule has 0 radical (unpaired) electrons. The minimum Gasteiger partial charge on any atom is -0.342 e. The van der Waals surface area contributed by atoms with Crippen LogP contribution >= 0.6 is 23.8 Å². The van der Waals surface area contributed by atoms with E-state index >= 15 is 0 Å². The first-order valence-electron chi connectivity index (χ1n) is 11.1. The molecule has 5 nitrogen and oxygen atoms in total. The van der Waals surface area contributed by atoms with Gasteiger partial charge >= 0.3 is 0 Å². The minimum absolute atomic E-state index is 0.0104. The van der Waals surface area contributed by atoms with Crippen molar-refractivity contribution in [3.05, 3.63) is 106 Å². The highest BCUT2D eigenvalue weighted by Gasteiger charge is 2.35. The van der Waals surface area contributed by atoms with Gasteiger partial charge in [0.05, 0.1) is 5.69 Å². The number of rotatable bonds is 4. The number of nitrogens with zero attached hydrogens (tertiary/aromatic N) is 2. The number of benzene rings is 3. The summed E-state index contributed by atoms with van der Waals surface area (Å²) in [6.45, 7) is 4.54. The molecule has 0 atom stereocenters. The van der Waals surface area contributed by atoms with Crippen LogP contribution < -0.4 is 10.2 Å². The Morgan fingerprint density at radius 2 is 1.71 bits per heavy atom. The Morgan fingerprint density at radius 1 is 0.971 bits per heavy atom. The molecule has 1 aromatic heterocycles. The molecule has 35 heavy (non-hydrogen) atoms. The molecule has 3 aromatic carbocycles. The van der Waals surface area contributed by atoms with E-state index < -0.39 is 11.8 Å². The molecule has 0 bridgehead atoms. The molecular weight excluding hydrogens is 478 g/mol. The first-order valence-corrected chi connectivity index (χ1v) is 11.9. The molecule has 0 aliphatic carbocycles. The molecule has 0 unspecified atom stereocenters. The zero-order chi connectivity index (χ0) is 24.7. The number of carbonyl (C=O) groups excluding carboxylic acids is 2. The normalized spacial score (nSPS) is 15.2. The van der Waals surface area contributed by atoms with Crippen LogP contribution in [0, 0.1) is 13.8 Å². The third-order valence-electron chi connectivity index (χ3n) is 6.17. The summed E-state index contributed by atoms with van der Waals surface area (Å²) in [7, 11) is 0. The number of hydrogen-bond acceptors (Lipinski definition) is 3. The highest BCUT2D eigenvalue weighted by atomic mass is 35.5. The zero-order valence-corrected chi connectivity index (χ0v) is 20.8. The molecular formula is C28H22ClN3O2S. The van der Waals surface area contributed by atoms with Gasteiger partial charge in [-0.2, -0.15) is 0 Å². The van der Waals surface area contributed by atoms with Crippen molar-refractivity contribution in [2.24, 2.45) is 0 Å². The summed E-state index contributed by atoms with van der Waals surface area (Å²) in [6, 6.07) is 21.6. The second-order valence-corrected chi connectivity index (χ2v) is 9.35. The number of aryl methyl sites for hydroxylation is 1. The number of halogens is 1. The van der Waals surface area contributed by atoms with E-state index in [1.54, 1.807) is 24.3 Å². The van der Waals surface area contributed by atoms with Gasteiger partial charge in [-0.25, -0.2) is 0 Å². The van der Waals surface area contributed by atoms with Crippen molar-refractivity contribution >= 4 is 63.4 Å². The number of amides is 2. The molecule has 174 valence electrons. The van der Waals surface area contributed by atoms with E-state index in [0.29, 0.717) is 22.8 Å². The van der Waals surface area contributed by atoms with Crippen molar-refractivity contribution in [1.82, 2.24) is 9.88 Å². The summed E-state index contributed by atoms with van der Waals surface area (Å²) in [5.41, 5.74) is 5.42. The minimum atomic E-state index is -0.522. The Labute approximate surface area is 213 Å². The third-order valence-corrected chi connectivity index (χ3v) is 6.87. The lowest BCUT2D eigenvalue weighted by Crippen LogP contribution is -2.54. The second kappa shape index (κ2) is 9.13. The average molecular weight is 500 g/mol. The molecule has 2 amide bonds. The van der Waals surface area contributed by atoms with Crippen LogP contribution in [0.5, 0.6) is 0 Å². The summed E-state index contributed by atoms with van der Waals surface area (Å²) < 4.78 is 2.13. The first-order chi connectivity index (χ1) is 16.8. The number of fused-ring (bicyclic) bond motifs is 1. The number of thiocarbonyl (C=S) groups is 1. The van der Waals surface area contributed by atoms with Crippen LogP contribution in [0.2, 0.25) is 5.02 Å². The summed E-state index contributed by atoms with van der Waals surface area (Å²) >= 11 is 11.6. The largest absolute Gasteiger partial charge is 0.342 e. The summed E-state index contributed by atoms with van der Waals surface area (Å²) in [5.74, 6) is -1.01. The van der Waals surface area contributed by atoms with Crippen molar-refractivity contribution in [1.29, 1.82) is 0 Å². The first kappa shape index (κ1) is 23.0. The topological polar surface area (TPSA) is 54.3 Å². The maximum atomic E-state index is 13.5. The fourth-order valence-corrected chi connectivity index (χ4v) is 4.72. The molecule has 5 rings (SSSR count). The van der Waals surface area contributed by atoms with Crippen molar-refractivity contribution in [2.45, 2.75) is 20.4 Å². The van der Waals surface area contributed by atoms with Gasteiger partial charge in [0.1, 0.15) is 5.57 Å². The zero-order valence-electron chi connectivity index (χ0n) is 19.2. The Bertz CT molecular complexity index is 1540. The molecule has 1 saturated heterocycles. The van der Waals surface area contributed by atoms with Crippen molar-refractivity contribution < 1.29 is 9.59 Å². The van der Waals surface area contributed by atoms with Gasteiger partial charge < -0.3 is 4.57 Å². The average Bonchev–Trinajstić information content (AvgIpc) is 3.18. The van der Waals surface area contributed by atoms with Crippen LogP contribution in [0.15, 0.2) is 78.5 Å². The van der Waals surface area contributed by atoms with Crippen LogP contribution in [0.4, 0.5) is 5.69 Å². The van der Waals surface area contributed by atoms with Gasteiger partial charge in [0.2, 0.25) is 0 Å². The van der Waals surface area contributed by atoms with Crippen LogP contribution in [-0.2, 0) is 16.1 Å². The fraction of sp³-hybridized carbons (Fsp3) is 0.107. The molecule has 1 aliphatic heterocycles. The quantitative estimate of drug-likeness (QED) is 0.219. The second-order valence-electron chi connectivity index (χ2n) is 8.56. The van der Waals surface area contributed by atoms with Crippen LogP contribution in [0.3, 0.4) is 0 Å². The molecule has 0 spiro atoms. The molecule has 7 heteroatoms. The van der Waals surface area contributed by atoms with Crippen LogP contribution in [0.1, 0.15) is 22.3 Å². The van der Waals surface area contributed by atoms with Gasteiger partial charge in [0.15, 0.2) is 5.11 Å². The number of hydrogen-bond donors (Lipinski definition) is 1. The molecule has 4 aromatic rings. The highest BCUT2D eigenvalue weighted by molar-refractivity contribution is 7.80. The molecule has 1 fully saturated rings. The Hall–Kier alpha value is -3.74. The predicted octanol–water partition coefficient (Wildman–Crippen LogP) is 5.79. The van der Waals surface area contributed by atoms with Crippen molar-refractivity contribution in [3.63, 3.8) is 0 Å². The maximum Gasteiger partial charge on any atom is 0.270 e. The van der Waals surface area contributed by atoms with Gasteiger partial charge in [-0.05, 0) is 61.5 Å². The Morgan fingerprint density at radius 3 is 2.49 bits per heavy atom. The molecule has 0 saturated carbocycles. The van der Waals surface area contributed by atoms with Crippen molar-refractivity contribution in [3.8, 4) is 0 Å². The van der Waals surface area contributed by atoms with Gasteiger partial charge in [0, 0.05) is 34.2 Å². The lowest BCUT2D eigenvalue weighted by molar-refractivity contribution is -0.122. The van der Waals surface area contributed by atoms with Gasteiger partial charge in [-0.15, -0.1) is 0 Å². The monoisotopic (exact) mass is 499 g/mol. The fourth-order valence-electron chi connectivity index (χ4n) is 4.28. The summed E-state index contributed by atoms with van der Waals surface area (Å²) in [5, 5.41) is 4.15.